The van der Waals surface area contributed by atoms with Crippen molar-refractivity contribution in [2.75, 3.05) is 32.9 Å². The summed E-state index contributed by atoms with van der Waals surface area (Å²) in [4.78, 5) is 15.2. The maximum absolute atomic E-state index is 11.3. The van der Waals surface area contributed by atoms with Gasteiger partial charge in [0.25, 0.3) is 0 Å². The van der Waals surface area contributed by atoms with Crippen molar-refractivity contribution in [3.63, 3.8) is 0 Å². The van der Waals surface area contributed by atoms with Gasteiger partial charge in [0.15, 0.2) is 0 Å². The van der Waals surface area contributed by atoms with Crippen LogP contribution in [0.1, 0.15) is 12.8 Å². The lowest BCUT2D eigenvalue weighted by Crippen LogP contribution is -2.37. The van der Waals surface area contributed by atoms with Crippen LogP contribution in [-0.4, -0.2) is 60.0 Å². The summed E-state index contributed by atoms with van der Waals surface area (Å²) in [6.07, 6.45) is 1.81. The molecule has 0 spiro atoms. The fourth-order valence-electron chi connectivity index (χ4n) is 1.95. The summed E-state index contributed by atoms with van der Waals surface area (Å²) in [6.45, 7) is 3.21. The Morgan fingerprint density at radius 3 is 2.60 bits per heavy atom. The van der Waals surface area contributed by atoms with Gasteiger partial charge in [0.05, 0.1) is 19.8 Å². The molecule has 2 saturated heterocycles. The first kappa shape index (κ1) is 12.6. The second kappa shape index (κ2) is 5.58. The molecule has 0 aromatic carbocycles. The standard InChI is InChI=1S/C9H16N2O3.H2S/c12-6-8-5-11(9(13)14-8)7-10-3-1-2-4-10;/h8,12H,1-7H2;1H2/t8-;/m0./s1. The van der Waals surface area contributed by atoms with Gasteiger partial charge in [0.1, 0.15) is 6.10 Å². The monoisotopic (exact) mass is 234 g/mol. The molecule has 2 rings (SSSR count). The van der Waals surface area contributed by atoms with Gasteiger partial charge in [0, 0.05) is 0 Å². The Morgan fingerprint density at radius 2 is 2.07 bits per heavy atom. The third-order valence-electron chi connectivity index (χ3n) is 2.72. The third-order valence-corrected chi connectivity index (χ3v) is 2.72. The highest BCUT2D eigenvalue weighted by atomic mass is 32.1. The van der Waals surface area contributed by atoms with Crippen LogP contribution in [0.3, 0.4) is 0 Å². The normalized spacial score (nSPS) is 26.6. The summed E-state index contributed by atoms with van der Waals surface area (Å²) in [6, 6.07) is 0. The fourth-order valence-corrected chi connectivity index (χ4v) is 1.95. The molecule has 2 aliphatic heterocycles. The van der Waals surface area contributed by atoms with Crippen molar-refractivity contribution >= 4 is 19.6 Å². The molecule has 88 valence electrons. The van der Waals surface area contributed by atoms with Gasteiger partial charge in [-0.2, -0.15) is 13.5 Å². The van der Waals surface area contributed by atoms with Crippen molar-refractivity contribution < 1.29 is 14.6 Å². The largest absolute Gasteiger partial charge is 0.442 e. The molecule has 0 aromatic heterocycles. The van der Waals surface area contributed by atoms with Crippen LogP contribution >= 0.6 is 13.5 Å². The van der Waals surface area contributed by atoms with Crippen molar-refractivity contribution in [2.45, 2.75) is 18.9 Å². The lowest BCUT2D eigenvalue weighted by atomic mass is 10.4. The lowest BCUT2D eigenvalue weighted by molar-refractivity contribution is 0.0935. The Balaban J connectivity index is 0.00000112. The van der Waals surface area contributed by atoms with E-state index in [-0.39, 0.29) is 32.3 Å². The molecule has 0 aromatic rings. The molecule has 2 aliphatic rings. The Labute approximate surface area is 96.4 Å². The minimum absolute atomic E-state index is 0. The van der Waals surface area contributed by atoms with E-state index >= 15 is 0 Å². The summed E-state index contributed by atoms with van der Waals surface area (Å²) < 4.78 is 4.94. The van der Waals surface area contributed by atoms with Crippen LogP contribution in [0, 0.1) is 0 Å². The quantitative estimate of drug-likeness (QED) is 0.745. The van der Waals surface area contributed by atoms with Crippen LogP contribution in [-0.2, 0) is 4.74 Å². The molecule has 5 nitrogen and oxygen atoms in total. The molecule has 1 N–H and O–H groups in total. The van der Waals surface area contributed by atoms with Crippen LogP contribution in [0.25, 0.3) is 0 Å². The first-order valence-electron chi connectivity index (χ1n) is 5.08. The summed E-state index contributed by atoms with van der Waals surface area (Å²) in [5.74, 6) is 0. The number of amides is 1. The topological polar surface area (TPSA) is 53.0 Å². The lowest BCUT2D eigenvalue weighted by Gasteiger charge is -2.20. The van der Waals surface area contributed by atoms with Crippen LogP contribution in [0.15, 0.2) is 0 Å². The van der Waals surface area contributed by atoms with Crippen molar-refractivity contribution in [3.05, 3.63) is 0 Å². The second-order valence-electron chi connectivity index (χ2n) is 3.88. The molecule has 0 aliphatic carbocycles. The zero-order valence-corrected chi connectivity index (χ0v) is 9.69. The van der Waals surface area contributed by atoms with E-state index in [0.717, 1.165) is 13.1 Å². The molecule has 2 fully saturated rings. The summed E-state index contributed by atoms with van der Waals surface area (Å²) in [5, 5.41) is 8.84. The predicted molar refractivity (Wildman–Crippen MR) is 60.1 cm³/mol. The van der Waals surface area contributed by atoms with Gasteiger partial charge in [0.2, 0.25) is 0 Å². The molecule has 0 bridgehead atoms. The Kier molecular flexibility index (Phi) is 4.69. The van der Waals surface area contributed by atoms with Crippen LogP contribution in [0.4, 0.5) is 4.79 Å². The van der Waals surface area contributed by atoms with E-state index in [0.29, 0.717) is 13.2 Å². The number of hydrogen-bond acceptors (Lipinski definition) is 4. The number of aliphatic hydroxyl groups excluding tert-OH is 1. The van der Waals surface area contributed by atoms with Crippen molar-refractivity contribution in [1.82, 2.24) is 9.80 Å². The van der Waals surface area contributed by atoms with Crippen molar-refractivity contribution in [2.24, 2.45) is 0 Å². The zero-order valence-electron chi connectivity index (χ0n) is 8.69. The molecular formula is C9H18N2O3S. The first-order valence-corrected chi connectivity index (χ1v) is 5.08. The van der Waals surface area contributed by atoms with Gasteiger partial charge >= 0.3 is 6.09 Å². The van der Waals surface area contributed by atoms with Gasteiger partial charge in [-0.05, 0) is 25.9 Å². The van der Waals surface area contributed by atoms with E-state index in [9.17, 15) is 4.79 Å². The van der Waals surface area contributed by atoms with Gasteiger partial charge in [-0.25, -0.2) is 4.79 Å². The van der Waals surface area contributed by atoms with E-state index in [1.807, 2.05) is 0 Å². The van der Waals surface area contributed by atoms with Crippen LogP contribution in [0.5, 0.6) is 0 Å². The highest BCUT2D eigenvalue weighted by molar-refractivity contribution is 7.59. The summed E-state index contributed by atoms with van der Waals surface area (Å²) in [7, 11) is 0. The van der Waals surface area contributed by atoms with E-state index < -0.39 is 0 Å². The molecule has 6 heteroatoms. The van der Waals surface area contributed by atoms with E-state index in [1.165, 1.54) is 12.8 Å². The van der Waals surface area contributed by atoms with E-state index in [4.69, 9.17) is 9.84 Å². The highest BCUT2D eigenvalue weighted by Gasteiger charge is 2.31. The van der Waals surface area contributed by atoms with Gasteiger partial charge < -0.3 is 9.84 Å². The number of ether oxygens (including phenoxy) is 1. The number of aliphatic hydroxyl groups is 1. The van der Waals surface area contributed by atoms with E-state index in [2.05, 4.69) is 4.90 Å². The van der Waals surface area contributed by atoms with Gasteiger partial charge in [-0.15, -0.1) is 0 Å². The van der Waals surface area contributed by atoms with E-state index in [1.54, 1.807) is 4.90 Å². The molecule has 0 unspecified atom stereocenters. The summed E-state index contributed by atoms with van der Waals surface area (Å²) in [5.41, 5.74) is 0. The molecule has 1 amide bonds. The van der Waals surface area contributed by atoms with Crippen molar-refractivity contribution in [1.29, 1.82) is 0 Å². The zero-order chi connectivity index (χ0) is 9.97. The number of nitrogens with zero attached hydrogens (tertiary/aromatic N) is 2. The second-order valence-corrected chi connectivity index (χ2v) is 3.88. The SMILES string of the molecule is O=C1O[C@H](CO)CN1CN1CCCC1.S. The number of carbonyl (C=O) groups is 1. The maximum atomic E-state index is 11.3. The number of rotatable bonds is 3. The Bertz CT molecular complexity index is 221. The first-order chi connectivity index (χ1) is 6.79. The number of cyclic esters (lactones) is 1. The molecule has 0 saturated carbocycles. The molecular weight excluding hydrogens is 216 g/mol. The highest BCUT2D eigenvalue weighted by Crippen LogP contribution is 2.14. The fraction of sp³-hybridized carbons (Fsp3) is 0.889. The molecule has 2 heterocycles. The van der Waals surface area contributed by atoms with Crippen LogP contribution < -0.4 is 0 Å². The average molecular weight is 234 g/mol. The maximum Gasteiger partial charge on any atom is 0.411 e. The predicted octanol–water partition coefficient (Wildman–Crippen LogP) is -0.0344. The average Bonchev–Trinajstić information content (AvgIpc) is 2.78. The summed E-state index contributed by atoms with van der Waals surface area (Å²) >= 11 is 0. The number of hydrogen-bond donors (Lipinski definition) is 1. The van der Waals surface area contributed by atoms with Crippen molar-refractivity contribution in [3.8, 4) is 0 Å². The Morgan fingerprint density at radius 1 is 1.40 bits per heavy atom. The van der Waals surface area contributed by atoms with Gasteiger partial charge in [-0.3, -0.25) is 9.80 Å². The van der Waals surface area contributed by atoms with Gasteiger partial charge in [-0.1, -0.05) is 0 Å². The Hall–Kier alpha value is -0.460. The minimum atomic E-state index is -0.329. The molecule has 0 radical (unpaired) electrons. The number of likely N-dealkylation sites (tertiary alicyclic amines) is 1. The smallest absolute Gasteiger partial charge is 0.411 e. The molecule has 15 heavy (non-hydrogen) atoms. The minimum Gasteiger partial charge on any atom is -0.442 e. The number of carbonyl (C=O) groups excluding carboxylic acids is 1. The third kappa shape index (κ3) is 2.99. The van der Waals surface area contributed by atoms with Crippen LogP contribution in [0.2, 0.25) is 0 Å². The molecule has 1 atom stereocenters.